The molecule has 0 bridgehead atoms. The minimum atomic E-state index is -0.211. The number of hydrogen-bond acceptors (Lipinski definition) is 6. The Balaban J connectivity index is 1.84. The number of carbonyl (C=O) groups excluding carboxylic acids is 1. The number of rotatable bonds is 2. The van der Waals surface area contributed by atoms with Gasteiger partial charge in [0.2, 0.25) is 10.9 Å². The standard InChI is InChI=1S/C12H10N6OS2/c1-7(19)14-11(20)15-9-4-2-3-8(5-9)10-17-18-6-13-16-12(18)21-10/h2-6H,1H3,(H2,14,15,19,20). The van der Waals surface area contributed by atoms with Gasteiger partial charge >= 0.3 is 0 Å². The fraction of sp³-hybridized carbons (Fsp3) is 0.0833. The van der Waals surface area contributed by atoms with Crippen molar-refractivity contribution in [3.63, 3.8) is 0 Å². The second-order valence-electron chi connectivity index (χ2n) is 4.18. The molecule has 0 aliphatic heterocycles. The Morgan fingerprint density at radius 2 is 2.29 bits per heavy atom. The van der Waals surface area contributed by atoms with Gasteiger partial charge in [-0.05, 0) is 24.4 Å². The number of aromatic nitrogens is 4. The fourth-order valence-corrected chi connectivity index (χ4v) is 2.81. The number of fused-ring (bicyclic) bond motifs is 1. The normalized spacial score (nSPS) is 10.5. The molecule has 1 aromatic carbocycles. The minimum Gasteiger partial charge on any atom is -0.332 e. The lowest BCUT2D eigenvalue weighted by atomic mass is 10.2. The molecule has 2 heterocycles. The monoisotopic (exact) mass is 318 g/mol. The number of nitrogens with one attached hydrogen (secondary N) is 2. The van der Waals surface area contributed by atoms with Gasteiger partial charge in [-0.15, -0.1) is 10.2 Å². The van der Waals surface area contributed by atoms with Gasteiger partial charge in [-0.1, -0.05) is 23.5 Å². The van der Waals surface area contributed by atoms with Crippen molar-refractivity contribution >= 4 is 45.2 Å². The molecule has 0 spiro atoms. The van der Waals surface area contributed by atoms with Crippen LogP contribution in [0.3, 0.4) is 0 Å². The Bertz CT molecular complexity index is 795. The smallest absolute Gasteiger partial charge is 0.234 e. The lowest BCUT2D eigenvalue weighted by molar-refractivity contribution is -0.117. The number of benzene rings is 1. The molecule has 106 valence electrons. The number of hydrogen-bond donors (Lipinski definition) is 2. The van der Waals surface area contributed by atoms with E-state index < -0.39 is 0 Å². The van der Waals surface area contributed by atoms with Gasteiger partial charge in [0.15, 0.2) is 5.11 Å². The summed E-state index contributed by atoms with van der Waals surface area (Å²) >= 11 is 6.48. The van der Waals surface area contributed by atoms with Crippen molar-refractivity contribution < 1.29 is 4.79 Å². The molecule has 9 heteroatoms. The summed E-state index contributed by atoms with van der Waals surface area (Å²) in [5.74, 6) is -0.211. The molecule has 0 radical (unpaired) electrons. The van der Waals surface area contributed by atoms with E-state index in [0.717, 1.165) is 21.2 Å². The Labute approximate surface area is 129 Å². The van der Waals surface area contributed by atoms with E-state index in [4.69, 9.17) is 12.2 Å². The molecule has 21 heavy (non-hydrogen) atoms. The Morgan fingerprint density at radius 3 is 3.05 bits per heavy atom. The van der Waals surface area contributed by atoms with Gasteiger partial charge in [-0.3, -0.25) is 4.79 Å². The van der Waals surface area contributed by atoms with Gasteiger partial charge in [-0.2, -0.15) is 9.61 Å². The van der Waals surface area contributed by atoms with Crippen LogP contribution in [0.5, 0.6) is 0 Å². The van der Waals surface area contributed by atoms with E-state index in [0.29, 0.717) is 0 Å². The molecule has 0 aliphatic carbocycles. The Hall–Kier alpha value is -2.39. The van der Waals surface area contributed by atoms with Crippen molar-refractivity contribution in [2.45, 2.75) is 6.92 Å². The first-order valence-corrected chi connectivity index (χ1v) is 7.20. The molecule has 0 saturated heterocycles. The van der Waals surface area contributed by atoms with Crippen molar-refractivity contribution in [1.29, 1.82) is 0 Å². The highest BCUT2D eigenvalue weighted by molar-refractivity contribution is 7.80. The van der Waals surface area contributed by atoms with Crippen LogP contribution >= 0.6 is 23.6 Å². The van der Waals surface area contributed by atoms with E-state index in [-0.39, 0.29) is 11.0 Å². The summed E-state index contributed by atoms with van der Waals surface area (Å²) in [7, 11) is 0. The highest BCUT2D eigenvalue weighted by Gasteiger charge is 2.08. The minimum absolute atomic E-state index is 0.211. The molecule has 0 saturated carbocycles. The molecule has 0 fully saturated rings. The van der Waals surface area contributed by atoms with Gasteiger partial charge in [0.25, 0.3) is 0 Å². The first-order valence-electron chi connectivity index (χ1n) is 5.98. The lowest BCUT2D eigenvalue weighted by Gasteiger charge is -2.08. The third-order valence-electron chi connectivity index (χ3n) is 2.54. The summed E-state index contributed by atoms with van der Waals surface area (Å²) in [5, 5.41) is 18.7. The van der Waals surface area contributed by atoms with E-state index in [2.05, 4.69) is 25.9 Å². The number of thiocarbonyl (C=S) groups is 1. The molecule has 1 amide bonds. The van der Waals surface area contributed by atoms with Gasteiger partial charge in [0.05, 0.1) is 0 Å². The topological polar surface area (TPSA) is 84.2 Å². The summed E-state index contributed by atoms with van der Waals surface area (Å²) in [4.78, 5) is 11.7. The third-order valence-corrected chi connectivity index (χ3v) is 3.71. The van der Waals surface area contributed by atoms with Gasteiger partial charge in [-0.25, -0.2) is 0 Å². The van der Waals surface area contributed by atoms with Crippen molar-refractivity contribution in [3.05, 3.63) is 30.6 Å². The van der Waals surface area contributed by atoms with Gasteiger partial charge < -0.3 is 10.6 Å². The fourth-order valence-electron chi connectivity index (χ4n) is 1.73. The highest BCUT2D eigenvalue weighted by Crippen LogP contribution is 2.26. The first kappa shape index (κ1) is 13.6. The van der Waals surface area contributed by atoms with Crippen molar-refractivity contribution in [2.24, 2.45) is 0 Å². The Kier molecular flexibility index (Phi) is 3.59. The summed E-state index contributed by atoms with van der Waals surface area (Å²) in [6, 6.07) is 7.59. The van der Waals surface area contributed by atoms with Crippen LogP contribution in [0.1, 0.15) is 6.92 Å². The second kappa shape index (κ2) is 5.54. The number of carbonyl (C=O) groups is 1. The summed E-state index contributed by atoms with van der Waals surface area (Å²) in [6.07, 6.45) is 1.56. The molecule has 0 unspecified atom stereocenters. The van der Waals surface area contributed by atoms with E-state index in [1.165, 1.54) is 18.3 Å². The lowest BCUT2D eigenvalue weighted by Crippen LogP contribution is -2.32. The predicted molar refractivity (Wildman–Crippen MR) is 84.1 cm³/mol. The molecule has 3 rings (SSSR count). The zero-order chi connectivity index (χ0) is 14.8. The largest absolute Gasteiger partial charge is 0.332 e. The molecule has 7 nitrogen and oxygen atoms in total. The van der Waals surface area contributed by atoms with Crippen molar-refractivity contribution in [1.82, 2.24) is 25.1 Å². The average Bonchev–Trinajstić information content (AvgIpc) is 2.98. The maximum atomic E-state index is 10.9. The van der Waals surface area contributed by atoms with Crippen molar-refractivity contribution in [3.8, 4) is 10.6 Å². The number of amides is 1. The van der Waals surface area contributed by atoms with Crippen LogP contribution < -0.4 is 10.6 Å². The molecular formula is C12H10N6OS2. The zero-order valence-corrected chi connectivity index (χ0v) is 12.5. The molecule has 0 atom stereocenters. The molecule has 0 aliphatic rings. The maximum absolute atomic E-state index is 10.9. The van der Waals surface area contributed by atoms with Crippen molar-refractivity contribution in [2.75, 3.05) is 5.32 Å². The van der Waals surface area contributed by atoms with Crippen LogP contribution in [0.15, 0.2) is 30.6 Å². The van der Waals surface area contributed by atoms with Crippen LogP contribution in [0, 0.1) is 0 Å². The summed E-state index contributed by atoms with van der Waals surface area (Å²) in [5.41, 5.74) is 1.71. The average molecular weight is 318 g/mol. The van der Waals surface area contributed by atoms with Gasteiger partial charge in [0.1, 0.15) is 11.3 Å². The molecule has 3 aromatic rings. The summed E-state index contributed by atoms with van der Waals surface area (Å²) < 4.78 is 1.63. The molecule has 2 N–H and O–H groups in total. The van der Waals surface area contributed by atoms with Crippen LogP contribution in [0.2, 0.25) is 0 Å². The maximum Gasteiger partial charge on any atom is 0.234 e. The zero-order valence-electron chi connectivity index (χ0n) is 10.9. The van der Waals surface area contributed by atoms with Crippen LogP contribution in [-0.2, 0) is 4.79 Å². The van der Waals surface area contributed by atoms with Crippen LogP contribution in [-0.4, -0.2) is 30.8 Å². The first-order chi connectivity index (χ1) is 10.1. The van der Waals surface area contributed by atoms with Crippen LogP contribution in [0.4, 0.5) is 5.69 Å². The molecule has 2 aromatic heterocycles. The van der Waals surface area contributed by atoms with E-state index >= 15 is 0 Å². The number of anilines is 1. The van der Waals surface area contributed by atoms with E-state index in [9.17, 15) is 4.79 Å². The second-order valence-corrected chi connectivity index (χ2v) is 5.55. The van der Waals surface area contributed by atoms with Crippen LogP contribution in [0.25, 0.3) is 15.5 Å². The molecular weight excluding hydrogens is 308 g/mol. The Morgan fingerprint density at radius 1 is 1.43 bits per heavy atom. The number of nitrogens with zero attached hydrogens (tertiary/aromatic N) is 4. The van der Waals surface area contributed by atoms with Gasteiger partial charge in [0, 0.05) is 18.2 Å². The van der Waals surface area contributed by atoms with E-state index in [1.807, 2.05) is 24.3 Å². The summed E-state index contributed by atoms with van der Waals surface area (Å²) in [6.45, 7) is 1.41. The third kappa shape index (κ3) is 3.03. The van der Waals surface area contributed by atoms with E-state index in [1.54, 1.807) is 10.8 Å². The predicted octanol–water partition coefficient (Wildman–Crippen LogP) is 1.69. The quantitative estimate of drug-likeness (QED) is 0.700. The SMILES string of the molecule is CC(=O)NC(=S)Nc1cccc(-c2nn3cnnc3s2)c1. The highest BCUT2D eigenvalue weighted by atomic mass is 32.1.